The molecule has 3 N–H and O–H groups in total. The Bertz CT molecular complexity index is 602. The first kappa shape index (κ1) is 15.1. The molecule has 106 valence electrons. The van der Waals surface area contributed by atoms with E-state index in [1.165, 1.54) is 11.8 Å². The molecule has 0 aliphatic carbocycles. The number of carboxylic acid groups (broad SMARTS) is 1. The molecule has 0 radical (unpaired) electrons. The molecule has 20 heavy (non-hydrogen) atoms. The lowest BCUT2D eigenvalue weighted by atomic mass is 9.85. The number of hydrogen-bond acceptors (Lipinski definition) is 4. The molecule has 0 bridgehead atoms. The summed E-state index contributed by atoms with van der Waals surface area (Å²) >= 11 is 7.41. The molecule has 2 atom stereocenters. The number of carbonyl (C=O) groups is 2. The lowest BCUT2D eigenvalue weighted by Gasteiger charge is -2.30. The highest BCUT2D eigenvalue weighted by atomic mass is 35.5. The van der Waals surface area contributed by atoms with Gasteiger partial charge in [-0.1, -0.05) is 29.8 Å². The number of halogens is 1. The quantitative estimate of drug-likeness (QED) is 0.836. The van der Waals surface area contributed by atoms with Crippen molar-refractivity contribution in [1.82, 2.24) is 0 Å². The van der Waals surface area contributed by atoms with Gasteiger partial charge in [-0.2, -0.15) is 0 Å². The Balaban J connectivity index is 2.55. The molecule has 0 saturated heterocycles. The molecule has 6 heteroatoms. The Morgan fingerprint density at radius 2 is 2.20 bits per heavy atom. The van der Waals surface area contributed by atoms with E-state index >= 15 is 0 Å². The summed E-state index contributed by atoms with van der Waals surface area (Å²) in [4.78, 5) is 22.0. The third-order valence-corrected chi connectivity index (χ3v) is 5.09. The number of nitrogens with two attached hydrogens (primary N) is 1. The monoisotopic (exact) mass is 311 g/mol. The molecule has 2 unspecified atom stereocenters. The summed E-state index contributed by atoms with van der Waals surface area (Å²) in [5.74, 6) is -2.01. The minimum absolute atomic E-state index is 0.0687. The average molecular weight is 312 g/mol. The van der Waals surface area contributed by atoms with Crippen molar-refractivity contribution in [3.05, 3.63) is 45.3 Å². The van der Waals surface area contributed by atoms with E-state index in [9.17, 15) is 14.7 Å². The van der Waals surface area contributed by atoms with E-state index in [0.29, 0.717) is 22.4 Å². The van der Waals surface area contributed by atoms with Crippen LogP contribution in [0.15, 0.2) is 34.7 Å². The van der Waals surface area contributed by atoms with Gasteiger partial charge in [0, 0.05) is 17.0 Å². The van der Waals surface area contributed by atoms with Crippen LogP contribution in [0.25, 0.3) is 0 Å². The van der Waals surface area contributed by atoms with Crippen molar-refractivity contribution >= 4 is 35.6 Å². The summed E-state index contributed by atoms with van der Waals surface area (Å²) in [6, 6.07) is 6.93. The second-order valence-corrected chi connectivity index (χ2v) is 6.50. The highest BCUT2D eigenvalue weighted by Gasteiger charge is 2.50. The first-order chi connectivity index (χ1) is 9.41. The third kappa shape index (κ3) is 2.37. The zero-order chi connectivity index (χ0) is 14.9. The molecule has 4 nitrogen and oxygen atoms in total. The molecular formula is C14H14ClNO3S. The van der Waals surface area contributed by atoms with E-state index in [1.54, 1.807) is 31.2 Å². The normalized spacial score (nSPS) is 25.9. The maximum absolute atomic E-state index is 11.6. The lowest BCUT2D eigenvalue weighted by molar-refractivity contribution is -0.141. The Labute approximate surface area is 126 Å². The van der Waals surface area contributed by atoms with Crippen LogP contribution in [0, 0.1) is 5.92 Å². The van der Waals surface area contributed by atoms with Crippen molar-refractivity contribution in [3.63, 3.8) is 0 Å². The van der Waals surface area contributed by atoms with E-state index in [0.717, 1.165) is 4.91 Å². The van der Waals surface area contributed by atoms with Gasteiger partial charge in [0.25, 0.3) is 0 Å². The van der Waals surface area contributed by atoms with E-state index in [2.05, 4.69) is 0 Å². The van der Waals surface area contributed by atoms with Gasteiger partial charge in [-0.25, -0.2) is 0 Å². The molecule has 1 aromatic rings. The van der Waals surface area contributed by atoms with Crippen molar-refractivity contribution < 1.29 is 14.7 Å². The van der Waals surface area contributed by atoms with Gasteiger partial charge in [0.15, 0.2) is 0 Å². The predicted molar refractivity (Wildman–Crippen MR) is 79.4 cm³/mol. The molecule has 1 heterocycles. The molecule has 0 saturated carbocycles. The summed E-state index contributed by atoms with van der Waals surface area (Å²) in [6.07, 6.45) is 0.771. The zero-order valence-corrected chi connectivity index (χ0v) is 12.4. The summed E-state index contributed by atoms with van der Waals surface area (Å²) in [5.41, 5.74) is 7.50. The van der Waals surface area contributed by atoms with Crippen LogP contribution >= 0.6 is 23.4 Å². The Morgan fingerprint density at radius 3 is 2.75 bits per heavy atom. The fraction of sp³-hybridized carbons (Fsp3) is 0.286. The number of carboxylic acids is 1. The molecule has 0 spiro atoms. The summed E-state index contributed by atoms with van der Waals surface area (Å²) in [5, 5.41) is 9.95. The Kier molecular flexibility index (Phi) is 4.22. The fourth-order valence-corrected chi connectivity index (χ4v) is 4.35. The molecule has 0 fully saturated rings. The average Bonchev–Trinajstić information content (AvgIpc) is 2.62. The highest BCUT2D eigenvalue weighted by Crippen LogP contribution is 2.54. The van der Waals surface area contributed by atoms with Gasteiger partial charge in [-0.3, -0.25) is 4.79 Å². The Morgan fingerprint density at radius 1 is 1.55 bits per heavy atom. The second kappa shape index (κ2) is 5.60. The maximum atomic E-state index is 11.6. The summed E-state index contributed by atoms with van der Waals surface area (Å²) in [6.45, 7) is 1.78. The van der Waals surface area contributed by atoms with Crippen molar-refractivity contribution in [2.75, 3.05) is 0 Å². The van der Waals surface area contributed by atoms with E-state index in [4.69, 9.17) is 17.3 Å². The molecule has 1 aromatic carbocycles. The van der Waals surface area contributed by atoms with E-state index in [-0.39, 0.29) is 6.42 Å². The van der Waals surface area contributed by atoms with Gasteiger partial charge in [0.1, 0.15) is 17.1 Å². The van der Waals surface area contributed by atoms with Crippen LogP contribution in [-0.4, -0.2) is 17.4 Å². The van der Waals surface area contributed by atoms with Crippen LogP contribution in [0.5, 0.6) is 0 Å². The van der Waals surface area contributed by atoms with Gasteiger partial charge in [-0.15, -0.1) is 11.8 Å². The number of allylic oxidation sites excluding steroid dienone is 1. The van der Waals surface area contributed by atoms with Gasteiger partial charge >= 0.3 is 5.97 Å². The zero-order valence-electron chi connectivity index (χ0n) is 10.8. The van der Waals surface area contributed by atoms with Crippen LogP contribution in [0.4, 0.5) is 0 Å². The van der Waals surface area contributed by atoms with E-state index < -0.39 is 16.8 Å². The van der Waals surface area contributed by atoms with Crippen molar-refractivity contribution in [2.45, 2.75) is 18.2 Å². The maximum Gasteiger partial charge on any atom is 0.313 e. The molecule has 0 amide bonds. The number of aldehydes is 1. The van der Waals surface area contributed by atoms with Crippen LogP contribution in [0.2, 0.25) is 5.02 Å². The number of thioether (sulfide) groups is 1. The standard InChI is InChI=1S/C14H14ClNO3S/c1-8-9(6-7-17)12(13(18)19)14(16,20-8)10-4-2-3-5-11(10)15/h2-5,7,12H,6,16H2,1H3,(H,18,19). The predicted octanol–water partition coefficient (Wildman–Crippen LogP) is 2.76. The minimum atomic E-state index is -1.19. The molecule has 0 aromatic heterocycles. The number of aliphatic carboxylic acids is 1. The smallest absolute Gasteiger partial charge is 0.313 e. The van der Waals surface area contributed by atoms with Crippen molar-refractivity contribution in [3.8, 4) is 0 Å². The summed E-state index contributed by atoms with van der Waals surface area (Å²) < 4.78 is 0. The third-order valence-electron chi connectivity index (χ3n) is 3.40. The largest absolute Gasteiger partial charge is 0.481 e. The van der Waals surface area contributed by atoms with Crippen LogP contribution in [0.3, 0.4) is 0 Å². The molecule has 1 aliphatic rings. The number of carbonyl (C=O) groups excluding carboxylic acids is 1. The lowest BCUT2D eigenvalue weighted by Crippen LogP contribution is -2.43. The fourth-order valence-electron chi connectivity index (χ4n) is 2.51. The highest BCUT2D eigenvalue weighted by molar-refractivity contribution is 8.04. The Hall–Kier alpha value is -1.30. The van der Waals surface area contributed by atoms with Crippen molar-refractivity contribution in [2.24, 2.45) is 11.7 Å². The van der Waals surface area contributed by atoms with Gasteiger partial charge in [-0.05, 0) is 23.5 Å². The van der Waals surface area contributed by atoms with Crippen LogP contribution in [-0.2, 0) is 14.5 Å². The van der Waals surface area contributed by atoms with Crippen LogP contribution in [0.1, 0.15) is 18.9 Å². The second-order valence-electron chi connectivity index (χ2n) is 4.60. The number of benzene rings is 1. The van der Waals surface area contributed by atoms with Gasteiger partial charge in [0.05, 0.1) is 0 Å². The SMILES string of the molecule is CC1=C(CC=O)C(C(=O)O)C(N)(c2ccccc2Cl)S1. The van der Waals surface area contributed by atoms with Gasteiger partial charge in [0.2, 0.25) is 0 Å². The van der Waals surface area contributed by atoms with E-state index in [1.807, 2.05) is 0 Å². The van der Waals surface area contributed by atoms with Gasteiger partial charge < -0.3 is 15.6 Å². The minimum Gasteiger partial charge on any atom is -0.481 e. The number of hydrogen-bond donors (Lipinski definition) is 2. The van der Waals surface area contributed by atoms with Crippen LogP contribution < -0.4 is 5.73 Å². The first-order valence-corrected chi connectivity index (χ1v) is 7.20. The summed E-state index contributed by atoms with van der Waals surface area (Å²) in [7, 11) is 0. The number of rotatable bonds is 4. The molecule has 2 rings (SSSR count). The molecule has 1 aliphatic heterocycles. The topological polar surface area (TPSA) is 80.4 Å². The van der Waals surface area contributed by atoms with Crippen molar-refractivity contribution in [1.29, 1.82) is 0 Å². The first-order valence-electron chi connectivity index (χ1n) is 6.00. The molecular weight excluding hydrogens is 298 g/mol.